The van der Waals surface area contributed by atoms with E-state index in [1.807, 2.05) is 49.4 Å². The number of halogens is 1. The van der Waals surface area contributed by atoms with Gasteiger partial charge in [-0.05, 0) is 43.2 Å². The van der Waals surface area contributed by atoms with Crippen LogP contribution in [0.4, 0.5) is 0 Å². The second kappa shape index (κ2) is 9.08. The molecule has 5 heteroatoms. The molecule has 0 aliphatic carbocycles. The van der Waals surface area contributed by atoms with Crippen molar-refractivity contribution in [3.05, 3.63) is 70.7 Å². The molecule has 0 saturated heterocycles. The fourth-order valence-electron chi connectivity index (χ4n) is 2.34. The van der Waals surface area contributed by atoms with E-state index in [4.69, 9.17) is 11.6 Å². The number of hydrogen-bond acceptors (Lipinski definition) is 2. The lowest BCUT2D eigenvalue weighted by molar-refractivity contribution is -0.121. The first-order chi connectivity index (χ1) is 11.5. The quantitative estimate of drug-likeness (QED) is 0.810. The molecule has 0 saturated carbocycles. The molecule has 0 heterocycles. The van der Waals surface area contributed by atoms with Crippen LogP contribution in [0.5, 0.6) is 0 Å². The van der Waals surface area contributed by atoms with Crippen LogP contribution in [0.2, 0.25) is 5.02 Å². The Bertz CT molecular complexity index is 689. The summed E-state index contributed by atoms with van der Waals surface area (Å²) in [7, 11) is 0. The molecule has 0 aliphatic heterocycles. The van der Waals surface area contributed by atoms with E-state index in [1.54, 1.807) is 12.1 Å². The van der Waals surface area contributed by atoms with E-state index < -0.39 is 0 Å². The van der Waals surface area contributed by atoms with Crippen LogP contribution < -0.4 is 10.6 Å². The molecular weight excluding hydrogens is 324 g/mol. The summed E-state index contributed by atoms with van der Waals surface area (Å²) in [6.07, 6.45) is 0.963. The van der Waals surface area contributed by atoms with E-state index in [2.05, 4.69) is 10.6 Å². The van der Waals surface area contributed by atoms with Crippen molar-refractivity contribution in [3.63, 3.8) is 0 Å². The summed E-state index contributed by atoms with van der Waals surface area (Å²) in [6, 6.07) is 16.3. The lowest BCUT2D eigenvalue weighted by atomic mass is 10.1. The predicted octanol–water partition coefficient (Wildman–Crippen LogP) is 3.21. The molecule has 126 valence electrons. The molecule has 2 aromatic carbocycles. The molecule has 0 aliphatic rings. The van der Waals surface area contributed by atoms with Crippen molar-refractivity contribution in [3.8, 4) is 0 Å². The minimum atomic E-state index is -0.233. The maximum absolute atomic E-state index is 12.0. The monoisotopic (exact) mass is 344 g/mol. The molecule has 1 unspecified atom stereocenters. The molecule has 0 radical (unpaired) electrons. The average molecular weight is 345 g/mol. The van der Waals surface area contributed by atoms with Crippen molar-refractivity contribution in [1.82, 2.24) is 10.6 Å². The number of carbonyl (C=O) groups excluding carboxylic acids is 2. The third-order valence-corrected chi connectivity index (χ3v) is 3.77. The van der Waals surface area contributed by atoms with E-state index in [9.17, 15) is 9.59 Å². The van der Waals surface area contributed by atoms with Gasteiger partial charge in [0.25, 0.3) is 5.91 Å². The van der Waals surface area contributed by atoms with Gasteiger partial charge in [-0.1, -0.05) is 41.9 Å². The highest BCUT2D eigenvalue weighted by molar-refractivity contribution is 6.30. The van der Waals surface area contributed by atoms with Crippen molar-refractivity contribution in [2.24, 2.45) is 0 Å². The molecule has 1 atom stereocenters. The zero-order valence-electron chi connectivity index (χ0n) is 13.6. The Morgan fingerprint density at radius 2 is 1.83 bits per heavy atom. The highest BCUT2D eigenvalue weighted by Crippen LogP contribution is 2.10. The third-order valence-electron chi connectivity index (χ3n) is 3.53. The Hall–Kier alpha value is -2.33. The van der Waals surface area contributed by atoms with Crippen LogP contribution in [0.1, 0.15) is 29.3 Å². The first kappa shape index (κ1) is 18.0. The second-order valence-electron chi connectivity index (χ2n) is 5.67. The highest BCUT2D eigenvalue weighted by atomic mass is 35.5. The summed E-state index contributed by atoms with van der Waals surface area (Å²) >= 11 is 5.93. The first-order valence-corrected chi connectivity index (χ1v) is 8.29. The van der Waals surface area contributed by atoms with Gasteiger partial charge in [-0.25, -0.2) is 0 Å². The largest absolute Gasteiger partial charge is 0.356 e. The topological polar surface area (TPSA) is 58.2 Å². The number of carbonyl (C=O) groups is 2. The zero-order valence-corrected chi connectivity index (χ0v) is 14.3. The maximum Gasteiger partial charge on any atom is 0.251 e. The SMILES string of the molecule is CC(CC(=O)NCCc1cccc(Cl)c1)NC(=O)c1ccccc1. The minimum Gasteiger partial charge on any atom is -0.356 e. The molecule has 4 nitrogen and oxygen atoms in total. The Balaban J connectivity index is 1.71. The van der Waals surface area contributed by atoms with E-state index >= 15 is 0 Å². The number of amides is 2. The average Bonchev–Trinajstić information content (AvgIpc) is 2.55. The Morgan fingerprint density at radius 3 is 2.54 bits per heavy atom. The Labute approximate surface area is 147 Å². The third kappa shape index (κ3) is 6.05. The number of benzene rings is 2. The van der Waals surface area contributed by atoms with Gasteiger partial charge in [0.1, 0.15) is 0 Å². The van der Waals surface area contributed by atoms with Gasteiger partial charge in [0.05, 0.1) is 0 Å². The summed E-state index contributed by atoms with van der Waals surface area (Å²) in [6.45, 7) is 2.36. The van der Waals surface area contributed by atoms with Crippen molar-refractivity contribution in [2.45, 2.75) is 25.8 Å². The number of rotatable bonds is 7. The summed E-state index contributed by atoms with van der Waals surface area (Å²) in [5.74, 6) is -0.257. The zero-order chi connectivity index (χ0) is 17.4. The van der Waals surface area contributed by atoms with Crippen LogP contribution in [-0.2, 0) is 11.2 Å². The molecule has 2 rings (SSSR count). The summed E-state index contributed by atoms with van der Waals surface area (Å²) in [5.41, 5.74) is 1.67. The number of nitrogens with one attached hydrogen (secondary N) is 2. The van der Waals surface area contributed by atoms with Crippen LogP contribution in [-0.4, -0.2) is 24.4 Å². The predicted molar refractivity (Wildman–Crippen MR) is 96.2 cm³/mol. The summed E-state index contributed by atoms with van der Waals surface area (Å²) in [5, 5.41) is 6.38. The van der Waals surface area contributed by atoms with Gasteiger partial charge in [-0.15, -0.1) is 0 Å². The lowest BCUT2D eigenvalue weighted by Crippen LogP contribution is -2.37. The highest BCUT2D eigenvalue weighted by Gasteiger charge is 2.12. The van der Waals surface area contributed by atoms with Gasteiger partial charge >= 0.3 is 0 Å². The second-order valence-corrected chi connectivity index (χ2v) is 6.11. The van der Waals surface area contributed by atoms with Crippen LogP contribution in [0.25, 0.3) is 0 Å². The molecule has 2 aromatic rings. The van der Waals surface area contributed by atoms with Gasteiger partial charge in [0.15, 0.2) is 0 Å². The van der Waals surface area contributed by atoms with Crippen LogP contribution in [0.3, 0.4) is 0 Å². The van der Waals surface area contributed by atoms with Crippen molar-refractivity contribution < 1.29 is 9.59 Å². The van der Waals surface area contributed by atoms with Gasteiger partial charge in [-0.3, -0.25) is 9.59 Å². The first-order valence-electron chi connectivity index (χ1n) is 7.91. The smallest absolute Gasteiger partial charge is 0.251 e. The van der Waals surface area contributed by atoms with Gasteiger partial charge in [0.2, 0.25) is 5.91 Å². The molecule has 2 N–H and O–H groups in total. The molecule has 0 spiro atoms. The minimum absolute atomic E-state index is 0.0853. The van der Waals surface area contributed by atoms with E-state index in [1.165, 1.54) is 0 Å². The van der Waals surface area contributed by atoms with Gasteiger partial charge in [0, 0.05) is 29.6 Å². The Morgan fingerprint density at radius 1 is 1.08 bits per heavy atom. The van der Waals surface area contributed by atoms with Gasteiger partial charge < -0.3 is 10.6 Å². The molecule has 2 amide bonds. The number of hydrogen-bond donors (Lipinski definition) is 2. The normalized spacial score (nSPS) is 11.6. The molecule has 0 aromatic heterocycles. The fraction of sp³-hybridized carbons (Fsp3) is 0.263. The maximum atomic E-state index is 12.0. The summed E-state index contributed by atoms with van der Waals surface area (Å²) < 4.78 is 0. The molecular formula is C19H21ClN2O2. The molecule has 0 bridgehead atoms. The van der Waals surface area contributed by atoms with Crippen LogP contribution in [0, 0.1) is 0 Å². The lowest BCUT2D eigenvalue weighted by Gasteiger charge is -2.14. The van der Waals surface area contributed by atoms with Crippen molar-refractivity contribution >= 4 is 23.4 Å². The molecule has 24 heavy (non-hydrogen) atoms. The van der Waals surface area contributed by atoms with Crippen molar-refractivity contribution in [1.29, 1.82) is 0 Å². The standard InChI is InChI=1S/C19H21ClN2O2/c1-14(22-19(24)16-7-3-2-4-8-16)12-18(23)21-11-10-15-6-5-9-17(20)13-15/h2-9,13-14H,10-12H2,1H3,(H,21,23)(H,22,24). The summed E-state index contributed by atoms with van der Waals surface area (Å²) in [4.78, 5) is 24.0. The van der Waals surface area contributed by atoms with Crippen molar-refractivity contribution in [2.75, 3.05) is 6.54 Å². The van der Waals surface area contributed by atoms with Crippen LogP contribution in [0.15, 0.2) is 54.6 Å². The van der Waals surface area contributed by atoms with E-state index in [0.29, 0.717) is 17.1 Å². The fourth-order valence-corrected chi connectivity index (χ4v) is 2.55. The van der Waals surface area contributed by atoms with E-state index in [0.717, 1.165) is 12.0 Å². The van der Waals surface area contributed by atoms with Crippen LogP contribution >= 0.6 is 11.6 Å². The Kier molecular flexibility index (Phi) is 6.82. The molecule has 0 fully saturated rings. The van der Waals surface area contributed by atoms with E-state index in [-0.39, 0.29) is 24.3 Å². The van der Waals surface area contributed by atoms with Gasteiger partial charge in [-0.2, -0.15) is 0 Å².